The summed E-state index contributed by atoms with van der Waals surface area (Å²) in [5.41, 5.74) is 0. The van der Waals surface area contributed by atoms with Crippen LogP contribution in [0.2, 0.25) is 0 Å². The molecule has 7 nitrogen and oxygen atoms in total. The van der Waals surface area contributed by atoms with Crippen LogP contribution in [0, 0.1) is 0 Å². The summed E-state index contributed by atoms with van der Waals surface area (Å²) in [6, 6.07) is -1.46. The highest BCUT2D eigenvalue weighted by molar-refractivity contribution is 8.01. The third-order valence-corrected chi connectivity index (χ3v) is 4.72. The van der Waals surface area contributed by atoms with Gasteiger partial charge in [-0.1, -0.05) is 0 Å². The number of nitrogens with zero attached hydrogens (tertiary/aromatic N) is 1. The summed E-state index contributed by atoms with van der Waals surface area (Å²) < 4.78 is -0.578. The number of amides is 1. The van der Waals surface area contributed by atoms with Crippen molar-refractivity contribution in [3.05, 3.63) is 0 Å². The summed E-state index contributed by atoms with van der Waals surface area (Å²) in [5, 5.41) is 20.1. The second-order valence-electron chi connectivity index (χ2n) is 4.85. The Morgan fingerprint density at radius 1 is 1.44 bits per heavy atom. The number of thioether (sulfide) groups is 1. The van der Waals surface area contributed by atoms with E-state index in [1.54, 1.807) is 13.8 Å². The first-order valence-corrected chi connectivity index (χ1v) is 6.31. The van der Waals surface area contributed by atoms with Gasteiger partial charge in [-0.2, -0.15) is 0 Å². The summed E-state index contributed by atoms with van der Waals surface area (Å²) in [5.74, 6) is -2.41. The van der Waals surface area contributed by atoms with E-state index < -0.39 is 28.8 Å². The molecule has 18 heavy (non-hydrogen) atoms. The molecule has 0 bridgehead atoms. The number of carboxylic acids is 2. The summed E-state index contributed by atoms with van der Waals surface area (Å²) in [7, 11) is 0. The normalized spacial score (nSPS) is 32.9. The standard InChI is InChI=1S/C10H14N2O5S/c1-10(2)6(9(16)17)12-7(15)5(8(12)18-10)11-3-4(13)14/h5-6,8,11H,3H2,1-2H3,(H,13,14)(H,16,17)/t5-,6+,8-/m1/s1. The molecule has 8 heteroatoms. The minimum atomic E-state index is -1.04. The van der Waals surface area contributed by atoms with Crippen LogP contribution in [0.15, 0.2) is 0 Å². The lowest BCUT2D eigenvalue weighted by atomic mass is 9.96. The van der Waals surface area contributed by atoms with E-state index in [-0.39, 0.29) is 17.8 Å². The highest BCUT2D eigenvalue weighted by atomic mass is 32.2. The molecule has 0 saturated carbocycles. The average molecular weight is 274 g/mol. The number of fused-ring (bicyclic) bond motifs is 1. The van der Waals surface area contributed by atoms with Gasteiger partial charge in [0.15, 0.2) is 0 Å². The smallest absolute Gasteiger partial charge is 0.327 e. The molecule has 0 unspecified atom stereocenters. The van der Waals surface area contributed by atoms with Crippen molar-refractivity contribution in [3.8, 4) is 0 Å². The number of carboxylic acid groups (broad SMARTS) is 2. The summed E-state index contributed by atoms with van der Waals surface area (Å²) >= 11 is 1.39. The number of β-lactam (4-membered cyclic amide) rings is 1. The lowest BCUT2D eigenvalue weighted by Crippen LogP contribution is -2.70. The fourth-order valence-corrected chi connectivity index (χ4v) is 4.05. The van der Waals surface area contributed by atoms with E-state index in [0.29, 0.717) is 0 Å². The van der Waals surface area contributed by atoms with Crippen LogP contribution in [-0.4, -0.2) is 61.7 Å². The molecule has 0 aromatic heterocycles. The van der Waals surface area contributed by atoms with Gasteiger partial charge in [-0.05, 0) is 13.8 Å². The second-order valence-corrected chi connectivity index (χ2v) is 6.62. The van der Waals surface area contributed by atoms with Gasteiger partial charge >= 0.3 is 11.9 Å². The zero-order valence-electron chi connectivity index (χ0n) is 9.91. The number of carbonyl (C=O) groups is 3. The van der Waals surface area contributed by atoms with Crippen LogP contribution in [-0.2, 0) is 14.4 Å². The molecule has 2 rings (SSSR count). The molecular weight excluding hydrogens is 260 g/mol. The van der Waals surface area contributed by atoms with Crippen LogP contribution in [0.1, 0.15) is 13.8 Å². The van der Waals surface area contributed by atoms with E-state index in [9.17, 15) is 19.5 Å². The van der Waals surface area contributed by atoms with Crippen molar-refractivity contribution in [1.82, 2.24) is 10.2 Å². The Balaban J connectivity index is 2.11. The minimum absolute atomic E-state index is 0.298. The van der Waals surface area contributed by atoms with Crippen LogP contribution < -0.4 is 5.32 Å². The van der Waals surface area contributed by atoms with Gasteiger partial charge in [0.25, 0.3) is 0 Å². The van der Waals surface area contributed by atoms with Crippen LogP contribution in [0.5, 0.6) is 0 Å². The highest BCUT2D eigenvalue weighted by Gasteiger charge is 2.63. The van der Waals surface area contributed by atoms with Crippen LogP contribution in [0.25, 0.3) is 0 Å². The Morgan fingerprint density at radius 3 is 2.56 bits per heavy atom. The maximum atomic E-state index is 11.9. The number of aliphatic carboxylic acids is 2. The number of nitrogens with one attached hydrogen (secondary N) is 1. The first-order chi connectivity index (χ1) is 8.25. The SMILES string of the molecule is CC1(C)S[C@@H]2[C@H](NCC(=O)O)C(=O)N2[C@H]1C(=O)O. The molecule has 0 aromatic rings. The molecular formula is C10H14N2O5S. The van der Waals surface area contributed by atoms with Gasteiger partial charge in [0.05, 0.1) is 6.54 Å². The van der Waals surface area contributed by atoms with Crippen molar-refractivity contribution < 1.29 is 24.6 Å². The predicted molar refractivity (Wildman–Crippen MR) is 63.2 cm³/mol. The lowest BCUT2D eigenvalue weighted by Gasteiger charge is -2.43. The van der Waals surface area contributed by atoms with E-state index in [1.807, 2.05) is 0 Å². The summed E-state index contributed by atoms with van der Waals surface area (Å²) in [4.78, 5) is 34.8. The maximum Gasteiger partial charge on any atom is 0.327 e. The molecule has 3 N–H and O–H groups in total. The summed E-state index contributed by atoms with van der Waals surface area (Å²) in [6.45, 7) is 3.24. The van der Waals surface area contributed by atoms with Gasteiger partial charge in [0, 0.05) is 4.75 Å². The maximum absolute atomic E-state index is 11.9. The zero-order chi connectivity index (χ0) is 13.7. The highest BCUT2D eigenvalue weighted by Crippen LogP contribution is 2.50. The van der Waals surface area contributed by atoms with E-state index in [0.717, 1.165) is 0 Å². The number of rotatable bonds is 4. The van der Waals surface area contributed by atoms with Crippen molar-refractivity contribution in [2.24, 2.45) is 0 Å². The van der Waals surface area contributed by atoms with Gasteiger partial charge in [-0.25, -0.2) is 4.79 Å². The molecule has 0 radical (unpaired) electrons. The van der Waals surface area contributed by atoms with Crippen LogP contribution >= 0.6 is 11.8 Å². The van der Waals surface area contributed by atoms with Gasteiger partial charge in [-0.3, -0.25) is 14.9 Å². The molecule has 3 atom stereocenters. The fraction of sp³-hybridized carbons (Fsp3) is 0.700. The molecule has 2 aliphatic rings. The summed E-state index contributed by atoms with van der Waals surface area (Å²) in [6.07, 6.45) is 0. The Kier molecular flexibility index (Phi) is 3.02. The van der Waals surface area contributed by atoms with E-state index in [2.05, 4.69) is 5.32 Å². The molecule has 2 fully saturated rings. The van der Waals surface area contributed by atoms with Crippen molar-refractivity contribution in [2.75, 3.05) is 6.54 Å². The Morgan fingerprint density at radius 2 is 2.06 bits per heavy atom. The Labute approximate surface area is 108 Å². The van der Waals surface area contributed by atoms with Crippen molar-refractivity contribution in [3.63, 3.8) is 0 Å². The third-order valence-electron chi connectivity index (χ3n) is 3.15. The molecule has 100 valence electrons. The van der Waals surface area contributed by atoms with E-state index in [4.69, 9.17) is 5.11 Å². The first-order valence-electron chi connectivity index (χ1n) is 5.43. The van der Waals surface area contributed by atoms with Crippen molar-refractivity contribution >= 4 is 29.6 Å². The van der Waals surface area contributed by atoms with Crippen molar-refractivity contribution in [2.45, 2.75) is 36.1 Å². The number of hydrogen-bond acceptors (Lipinski definition) is 5. The van der Waals surface area contributed by atoms with Crippen LogP contribution in [0.3, 0.4) is 0 Å². The van der Waals surface area contributed by atoms with Crippen LogP contribution in [0.4, 0.5) is 0 Å². The lowest BCUT2D eigenvalue weighted by molar-refractivity contribution is -0.160. The minimum Gasteiger partial charge on any atom is -0.480 e. The third kappa shape index (κ3) is 1.85. The monoisotopic (exact) mass is 274 g/mol. The zero-order valence-corrected chi connectivity index (χ0v) is 10.7. The quantitative estimate of drug-likeness (QED) is 0.575. The largest absolute Gasteiger partial charge is 0.480 e. The first kappa shape index (κ1) is 13.2. The van der Waals surface area contributed by atoms with Gasteiger partial charge in [0.1, 0.15) is 17.5 Å². The number of carbonyl (C=O) groups excluding carboxylic acids is 1. The Hall–Kier alpha value is -1.28. The predicted octanol–water partition coefficient (Wildman–Crippen LogP) is -0.824. The van der Waals surface area contributed by atoms with Gasteiger partial charge in [-0.15, -0.1) is 11.8 Å². The average Bonchev–Trinajstić information content (AvgIpc) is 2.47. The molecule has 2 saturated heterocycles. The molecule has 0 spiro atoms. The molecule has 1 amide bonds. The fourth-order valence-electron chi connectivity index (χ4n) is 2.40. The topological polar surface area (TPSA) is 107 Å². The second kappa shape index (κ2) is 4.13. The van der Waals surface area contributed by atoms with E-state index in [1.165, 1.54) is 16.7 Å². The van der Waals surface area contributed by atoms with Gasteiger partial charge in [0.2, 0.25) is 5.91 Å². The van der Waals surface area contributed by atoms with Crippen molar-refractivity contribution in [1.29, 1.82) is 0 Å². The Bertz CT molecular complexity index is 424. The number of hydrogen-bond donors (Lipinski definition) is 3. The van der Waals surface area contributed by atoms with Gasteiger partial charge < -0.3 is 15.1 Å². The molecule has 2 aliphatic heterocycles. The van der Waals surface area contributed by atoms with E-state index >= 15 is 0 Å². The molecule has 0 aliphatic carbocycles. The molecule has 2 heterocycles. The molecule has 0 aromatic carbocycles.